The molecule has 0 aliphatic heterocycles. The van der Waals surface area contributed by atoms with Crippen molar-refractivity contribution >= 4 is 5.97 Å². The van der Waals surface area contributed by atoms with E-state index in [1.165, 1.54) is 12.1 Å². The molecule has 0 aliphatic rings. The summed E-state index contributed by atoms with van der Waals surface area (Å²) in [5, 5.41) is 17.7. The molecule has 0 amide bonds. The van der Waals surface area contributed by atoms with E-state index in [9.17, 15) is 4.79 Å². The van der Waals surface area contributed by atoms with Crippen molar-refractivity contribution in [2.75, 3.05) is 32.8 Å². The van der Waals surface area contributed by atoms with Crippen LogP contribution in [0.3, 0.4) is 0 Å². The highest BCUT2D eigenvalue weighted by Gasteiger charge is 2.04. The number of carbonyl (C=O) groups is 1. The van der Waals surface area contributed by atoms with Gasteiger partial charge in [0.1, 0.15) is 12.4 Å². The Hall–Kier alpha value is -1.59. The minimum Gasteiger partial charge on any atom is -0.492 e. The van der Waals surface area contributed by atoms with Crippen LogP contribution in [0.2, 0.25) is 0 Å². The third kappa shape index (κ3) is 5.72. The molecule has 0 unspecified atom stereocenters. The number of aromatic carboxylic acids is 1. The van der Waals surface area contributed by atoms with E-state index < -0.39 is 5.97 Å². The van der Waals surface area contributed by atoms with E-state index in [0.29, 0.717) is 18.9 Å². The summed E-state index contributed by atoms with van der Waals surface area (Å²) in [7, 11) is 0. The number of rotatable bonds is 9. The summed E-state index contributed by atoms with van der Waals surface area (Å²) in [4.78, 5) is 12.8. The molecule has 0 saturated carbocycles. The lowest BCUT2D eigenvalue weighted by Gasteiger charge is -2.20. The minimum absolute atomic E-state index is 0.146. The van der Waals surface area contributed by atoms with E-state index in [1.54, 1.807) is 12.1 Å². The maximum absolute atomic E-state index is 10.7. The summed E-state index contributed by atoms with van der Waals surface area (Å²) < 4.78 is 5.55. The number of aliphatic hydroxyl groups is 1. The van der Waals surface area contributed by atoms with Gasteiger partial charge in [0.15, 0.2) is 0 Å². The molecule has 106 valence electrons. The molecule has 5 heteroatoms. The standard InChI is InChI=1S/C14H21NO4/c1-2-7-15(8-10-16)9-11-19-13-5-3-12(4-6-13)14(17)18/h3-6,16H,2,7-11H2,1H3,(H,17,18). The van der Waals surface area contributed by atoms with Crippen LogP contribution in [0, 0.1) is 0 Å². The molecule has 2 N–H and O–H groups in total. The van der Waals surface area contributed by atoms with E-state index in [4.69, 9.17) is 14.9 Å². The van der Waals surface area contributed by atoms with E-state index >= 15 is 0 Å². The van der Waals surface area contributed by atoms with Crippen molar-refractivity contribution in [3.05, 3.63) is 29.8 Å². The van der Waals surface area contributed by atoms with Crippen LogP contribution in [0.5, 0.6) is 5.75 Å². The van der Waals surface area contributed by atoms with Crippen molar-refractivity contribution in [3.8, 4) is 5.75 Å². The maximum atomic E-state index is 10.7. The number of ether oxygens (including phenoxy) is 1. The molecule has 0 fully saturated rings. The lowest BCUT2D eigenvalue weighted by Crippen LogP contribution is -2.31. The van der Waals surface area contributed by atoms with Crippen molar-refractivity contribution in [1.29, 1.82) is 0 Å². The molecule has 0 bridgehead atoms. The lowest BCUT2D eigenvalue weighted by atomic mass is 10.2. The second-order valence-corrected chi connectivity index (χ2v) is 4.24. The zero-order valence-corrected chi connectivity index (χ0v) is 11.2. The number of carboxylic acids is 1. The van der Waals surface area contributed by atoms with Crippen molar-refractivity contribution in [2.24, 2.45) is 0 Å². The number of carboxylic acid groups (broad SMARTS) is 1. The molecule has 1 rings (SSSR count). The first-order valence-electron chi connectivity index (χ1n) is 6.46. The molecule has 1 aromatic rings. The fourth-order valence-corrected chi connectivity index (χ4v) is 1.78. The Labute approximate surface area is 113 Å². The van der Waals surface area contributed by atoms with Gasteiger partial charge < -0.3 is 14.9 Å². The Morgan fingerprint density at radius 1 is 1.21 bits per heavy atom. The molecule has 5 nitrogen and oxygen atoms in total. The van der Waals surface area contributed by atoms with Crippen LogP contribution < -0.4 is 4.74 Å². The first kappa shape index (κ1) is 15.5. The van der Waals surface area contributed by atoms with Crippen LogP contribution in [0.1, 0.15) is 23.7 Å². The van der Waals surface area contributed by atoms with Crippen LogP contribution in [-0.4, -0.2) is 53.9 Å². The Balaban J connectivity index is 2.37. The Morgan fingerprint density at radius 3 is 2.42 bits per heavy atom. The van der Waals surface area contributed by atoms with Gasteiger partial charge in [-0.25, -0.2) is 4.79 Å². The number of aliphatic hydroxyl groups excluding tert-OH is 1. The molecule has 0 radical (unpaired) electrons. The summed E-state index contributed by atoms with van der Waals surface area (Å²) in [5.74, 6) is -0.283. The number of nitrogens with zero attached hydrogens (tertiary/aromatic N) is 1. The average Bonchev–Trinajstić information content (AvgIpc) is 2.40. The Morgan fingerprint density at radius 2 is 1.89 bits per heavy atom. The van der Waals surface area contributed by atoms with Crippen LogP contribution >= 0.6 is 0 Å². The molecule has 0 aromatic heterocycles. The highest BCUT2D eigenvalue weighted by Crippen LogP contribution is 2.12. The zero-order valence-electron chi connectivity index (χ0n) is 11.2. The van der Waals surface area contributed by atoms with E-state index in [1.807, 2.05) is 0 Å². The predicted molar refractivity (Wildman–Crippen MR) is 72.7 cm³/mol. The predicted octanol–water partition coefficient (Wildman–Crippen LogP) is 1.47. The lowest BCUT2D eigenvalue weighted by molar-refractivity contribution is 0.0697. The molecular weight excluding hydrogens is 246 g/mol. The van der Waals surface area contributed by atoms with Gasteiger partial charge in [-0.1, -0.05) is 6.92 Å². The molecule has 0 spiro atoms. The summed E-state index contributed by atoms with van der Waals surface area (Å²) in [6, 6.07) is 6.35. The molecule has 0 heterocycles. The van der Waals surface area contributed by atoms with Gasteiger partial charge in [-0.2, -0.15) is 0 Å². The highest BCUT2D eigenvalue weighted by molar-refractivity contribution is 5.87. The van der Waals surface area contributed by atoms with Gasteiger partial charge >= 0.3 is 5.97 Å². The summed E-state index contributed by atoms with van der Waals surface area (Å²) >= 11 is 0. The quantitative estimate of drug-likeness (QED) is 0.709. The molecule has 0 atom stereocenters. The van der Waals surface area contributed by atoms with E-state index in [0.717, 1.165) is 19.5 Å². The van der Waals surface area contributed by atoms with Crippen LogP contribution in [0.25, 0.3) is 0 Å². The Kier molecular flexibility index (Phi) is 6.92. The smallest absolute Gasteiger partial charge is 0.335 e. The average molecular weight is 267 g/mol. The number of hydrogen-bond donors (Lipinski definition) is 2. The summed E-state index contributed by atoms with van der Waals surface area (Å²) in [6.07, 6.45) is 1.04. The summed E-state index contributed by atoms with van der Waals surface area (Å²) in [5.41, 5.74) is 0.250. The normalized spacial score (nSPS) is 10.7. The van der Waals surface area contributed by atoms with Gasteiger partial charge in [0.05, 0.1) is 12.2 Å². The third-order valence-corrected chi connectivity index (χ3v) is 2.73. The van der Waals surface area contributed by atoms with Gasteiger partial charge in [0.2, 0.25) is 0 Å². The monoisotopic (exact) mass is 267 g/mol. The van der Waals surface area contributed by atoms with Crippen LogP contribution in [-0.2, 0) is 0 Å². The van der Waals surface area contributed by atoms with Gasteiger partial charge in [-0.3, -0.25) is 4.90 Å². The SMILES string of the molecule is CCCN(CCO)CCOc1ccc(C(=O)O)cc1. The van der Waals surface area contributed by atoms with Gasteiger partial charge in [0.25, 0.3) is 0 Å². The topological polar surface area (TPSA) is 70.0 Å². The second kappa shape index (κ2) is 8.50. The van der Waals surface area contributed by atoms with E-state index in [2.05, 4.69) is 11.8 Å². The molecule has 0 aliphatic carbocycles. The van der Waals surface area contributed by atoms with Gasteiger partial charge in [-0.05, 0) is 37.2 Å². The number of hydrogen-bond acceptors (Lipinski definition) is 4. The van der Waals surface area contributed by atoms with Crippen molar-refractivity contribution < 1.29 is 19.7 Å². The van der Waals surface area contributed by atoms with Crippen LogP contribution in [0.15, 0.2) is 24.3 Å². The van der Waals surface area contributed by atoms with Crippen molar-refractivity contribution in [1.82, 2.24) is 4.90 Å². The molecule has 0 saturated heterocycles. The summed E-state index contributed by atoms with van der Waals surface area (Å²) in [6.45, 7) is 5.09. The Bertz CT molecular complexity index is 372. The first-order valence-corrected chi connectivity index (χ1v) is 6.46. The molecule has 19 heavy (non-hydrogen) atoms. The van der Waals surface area contributed by atoms with Gasteiger partial charge in [0, 0.05) is 13.1 Å². The zero-order chi connectivity index (χ0) is 14.1. The largest absolute Gasteiger partial charge is 0.492 e. The minimum atomic E-state index is -0.941. The molecular formula is C14H21NO4. The molecule has 1 aromatic carbocycles. The van der Waals surface area contributed by atoms with Crippen LogP contribution in [0.4, 0.5) is 0 Å². The van der Waals surface area contributed by atoms with Crippen molar-refractivity contribution in [3.63, 3.8) is 0 Å². The number of benzene rings is 1. The highest BCUT2D eigenvalue weighted by atomic mass is 16.5. The first-order chi connectivity index (χ1) is 9.17. The maximum Gasteiger partial charge on any atom is 0.335 e. The fraction of sp³-hybridized carbons (Fsp3) is 0.500. The van der Waals surface area contributed by atoms with Gasteiger partial charge in [-0.15, -0.1) is 0 Å². The fourth-order valence-electron chi connectivity index (χ4n) is 1.78. The van der Waals surface area contributed by atoms with E-state index in [-0.39, 0.29) is 12.2 Å². The van der Waals surface area contributed by atoms with Crippen molar-refractivity contribution in [2.45, 2.75) is 13.3 Å². The third-order valence-electron chi connectivity index (χ3n) is 2.73. The second-order valence-electron chi connectivity index (χ2n) is 4.24.